The van der Waals surface area contributed by atoms with Crippen LogP contribution in [0.25, 0.3) is 0 Å². The average molecular weight is 351 g/mol. The Morgan fingerprint density at radius 2 is 2.12 bits per heavy atom. The van der Waals surface area contributed by atoms with Gasteiger partial charge in [0.1, 0.15) is 0 Å². The molecule has 132 valence electrons. The lowest BCUT2D eigenvalue weighted by Gasteiger charge is -2.30. The zero-order chi connectivity index (χ0) is 17.5. The van der Waals surface area contributed by atoms with Gasteiger partial charge >= 0.3 is 0 Å². The van der Waals surface area contributed by atoms with Gasteiger partial charge in [-0.25, -0.2) is 8.42 Å². The van der Waals surface area contributed by atoms with Gasteiger partial charge in [0.2, 0.25) is 10.0 Å². The van der Waals surface area contributed by atoms with E-state index in [2.05, 4.69) is 6.92 Å². The van der Waals surface area contributed by atoms with Gasteiger partial charge in [-0.15, -0.1) is 0 Å². The van der Waals surface area contributed by atoms with Crippen LogP contribution in [0.1, 0.15) is 35.7 Å². The number of anilines is 1. The number of hydrogen-bond acceptors (Lipinski definition) is 4. The predicted octanol–water partition coefficient (Wildman–Crippen LogP) is 1.21. The number of likely N-dealkylation sites (tertiary alicyclic amines) is 1. The van der Waals surface area contributed by atoms with Crippen molar-refractivity contribution in [1.82, 2.24) is 4.90 Å². The summed E-state index contributed by atoms with van der Waals surface area (Å²) in [5, 5.41) is 0. The summed E-state index contributed by atoms with van der Waals surface area (Å²) >= 11 is 0. The maximum absolute atomic E-state index is 12.8. The molecule has 1 fully saturated rings. The summed E-state index contributed by atoms with van der Waals surface area (Å²) in [6.07, 6.45) is 3.73. The molecule has 1 amide bonds. The Morgan fingerprint density at radius 3 is 2.75 bits per heavy atom. The molecule has 2 aliphatic heterocycles. The first kappa shape index (κ1) is 17.2. The number of hydrogen-bond donors (Lipinski definition) is 1. The van der Waals surface area contributed by atoms with Crippen molar-refractivity contribution in [2.24, 2.45) is 11.7 Å². The lowest BCUT2D eigenvalue weighted by atomic mass is 10.00. The van der Waals surface area contributed by atoms with E-state index in [9.17, 15) is 13.2 Å². The van der Waals surface area contributed by atoms with Crippen molar-refractivity contribution in [1.29, 1.82) is 0 Å². The van der Waals surface area contributed by atoms with E-state index in [4.69, 9.17) is 5.73 Å². The zero-order valence-corrected chi connectivity index (χ0v) is 15.1. The van der Waals surface area contributed by atoms with Gasteiger partial charge in [0.25, 0.3) is 5.91 Å². The maximum Gasteiger partial charge on any atom is 0.254 e. The van der Waals surface area contributed by atoms with E-state index in [0.717, 1.165) is 24.8 Å². The number of carbonyl (C=O) groups excluding carboxylic acids is 1. The molecule has 2 heterocycles. The summed E-state index contributed by atoms with van der Waals surface area (Å²) in [7, 11) is -3.28. The lowest BCUT2D eigenvalue weighted by Crippen LogP contribution is -2.36. The van der Waals surface area contributed by atoms with E-state index in [-0.39, 0.29) is 11.9 Å². The summed E-state index contributed by atoms with van der Waals surface area (Å²) in [5.74, 6) is 0.375. The fourth-order valence-corrected chi connectivity index (χ4v) is 4.80. The van der Waals surface area contributed by atoms with Crippen LogP contribution in [-0.4, -0.2) is 51.2 Å². The minimum absolute atomic E-state index is 0.0118. The maximum atomic E-state index is 12.8. The van der Waals surface area contributed by atoms with Gasteiger partial charge in [-0.05, 0) is 62.4 Å². The lowest BCUT2D eigenvalue weighted by molar-refractivity contribution is 0.0743. The number of fused-ring (bicyclic) bond motifs is 1. The Bertz CT molecular complexity index is 747. The molecule has 2 aliphatic rings. The predicted molar refractivity (Wildman–Crippen MR) is 94.6 cm³/mol. The smallest absolute Gasteiger partial charge is 0.254 e. The standard InChI is InChI=1S/C17H25N3O3S/c1-12-8-13(10-18)11-19(12)17(21)15-5-6-16-14(9-15)4-3-7-20(16)24(2,22)23/h5-6,9,12-13H,3-4,7-8,10-11,18H2,1-2H3. The van der Waals surface area contributed by atoms with Gasteiger partial charge in [0.15, 0.2) is 0 Å². The molecule has 0 radical (unpaired) electrons. The first-order chi connectivity index (χ1) is 11.3. The molecule has 0 aliphatic carbocycles. The third-order valence-electron chi connectivity index (χ3n) is 5.06. The number of sulfonamides is 1. The highest BCUT2D eigenvalue weighted by Crippen LogP contribution is 2.31. The molecule has 2 unspecified atom stereocenters. The molecular weight excluding hydrogens is 326 g/mol. The van der Waals surface area contributed by atoms with Gasteiger partial charge in [0.05, 0.1) is 11.9 Å². The Labute approximate surface area is 143 Å². The normalized spacial score (nSPS) is 24.1. The van der Waals surface area contributed by atoms with Crippen LogP contribution < -0.4 is 10.0 Å². The summed E-state index contributed by atoms with van der Waals surface area (Å²) in [6, 6.07) is 5.56. The summed E-state index contributed by atoms with van der Waals surface area (Å²) in [5.41, 5.74) is 8.01. The number of nitrogens with two attached hydrogens (primary N) is 1. The van der Waals surface area contributed by atoms with Crippen molar-refractivity contribution in [3.63, 3.8) is 0 Å². The molecule has 3 rings (SSSR count). The fourth-order valence-electron chi connectivity index (χ4n) is 3.80. The van der Waals surface area contributed by atoms with Crippen LogP contribution in [0.3, 0.4) is 0 Å². The van der Waals surface area contributed by atoms with Crippen LogP contribution >= 0.6 is 0 Å². The van der Waals surface area contributed by atoms with Gasteiger partial charge in [0, 0.05) is 24.7 Å². The summed E-state index contributed by atoms with van der Waals surface area (Å²) in [6.45, 7) is 3.85. The molecule has 6 nitrogen and oxygen atoms in total. The second-order valence-corrected chi connectivity index (χ2v) is 8.83. The van der Waals surface area contributed by atoms with E-state index in [0.29, 0.717) is 36.8 Å². The van der Waals surface area contributed by atoms with E-state index in [1.54, 1.807) is 12.1 Å². The molecule has 0 saturated carbocycles. The van der Waals surface area contributed by atoms with Crippen LogP contribution in [0.15, 0.2) is 18.2 Å². The van der Waals surface area contributed by atoms with Crippen molar-refractivity contribution in [3.05, 3.63) is 29.3 Å². The quantitative estimate of drug-likeness (QED) is 0.887. The molecule has 1 aromatic rings. The monoisotopic (exact) mass is 351 g/mol. The van der Waals surface area contributed by atoms with E-state index < -0.39 is 10.0 Å². The highest BCUT2D eigenvalue weighted by atomic mass is 32.2. The van der Waals surface area contributed by atoms with Crippen LogP contribution in [0.2, 0.25) is 0 Å². The zero-order valence-electron chi connectivity index (χ0n) is 14.2. The molecule has 0 aromatic heterocycles. The van der Waals surface area contributed by atoms with E-state index >= 15 is 0 Å². The first-order valence-corrected chi connectivity index (χ1v) is 10.3. The number of amides is 1. The number of aryl methyl sites for hydroxylation is 1. The SMILES string of the molecule is CC1CC(CN)CN1C(=O)c1ccc2c(c1)CCCN2S(C)(=O)=O. The highest BCUT2D eigenvalue weighted by molar-refractivity contribution is 7.92. The molecule has 2 atom stereocenters. The Kier molecular flexibility index (Phi) is 4.57. The number of nitrogens with zero attached hydrogens (tertiary/aromatic N) is 2. The summed E-state index contributed by atoms with van der Waals surface area (Å²) < 4.78 is 25.3. The third-order valence-corrected chi connectivity index (χ3v) is 6.24. The van der Waals surface area contributed by atoms with Gasteiger partial charge in [-0.3, -0.25) is 9.10 Å². The van der Waals surface area contributed by atoms with Crippen LogP contribution in [0.4, 0.5) is 5.69 Å². The minimum atomic E-state index is -3.28. The topological polar surface area (TPSA) is 83.7 Å². The molecule has 2 N–H and O–H groups in total. The van der Waals surface area contributed by atoms with Crippen molar-refractivity contribution < 1.29 is 13.2 Å². The molecule has 1 aromatic carbocycles. The number of rotatable bonds is 3. The van der Waals surface area contributed by atoms with Crippen LogP contribution in [0.5, 0.6) is 0 Å². The van der Waals surface area contributed by atoms with Gasteiger partial charge in [-0.1, -0.05) is 0 Å². The molecule has 7 heteroatoms. The molecule has 1 saturated heterocycles. The van der Waals surface area contributed by atoms with Crippen molar-refractivity contribution in [2.45, 2.75) is 32.2 Å². The van der Waals surface area contributed by atoms with E-state index in [1.165, 1.54) is 10.6 Å². The Balaban J connectivity index is 1.88. The van der Waals surface area contributed by atoms with Crippen LogP contribution in [0, 0.1) is 5.92 Å². The average Bonchev–Trinajstić information content (AvgIpc) is 2.93. The molecular formula is C17H25N3O3S. The largest absolute Gasteiger partial charge is 0.336 e. The molecule has 0 spiro atoms. The number of benzene rings is 1. The first-order valence-electron chi connectivity index (χ1n) is 8.43. The minimum Gasteiger partial charge on any atom is -0.336 e. The molecule has 24 heavy (non-hydrogen) atoms. The second-order valence-electron chi connectivity index (χ2n) is 6.93. The van der Waals surface area contributed by atoms with Crippen LogP contribution in [-0.2, 0) is 16.4 Å². The van der Waals surface area contributed by atoms with E-state index in [1.807, 2.05) is 11.0 Å². The Morgan fingerprint density at radius 1 is 1.38 bits per heavy atom. The summed E-state index contributed by atoms with van der Waals surface area (Å²) in [4.78, 5) is 14.7. The van der Waals surface area contributed by atoms with Crippen molar-refractivity contribution in [3.8, 4) is 0 Å². The second kappa shape index (κ2) is 6.37. The van der Waals surface area contributed by atoms with Crippen molar-refractivity contribution in [2.75, 3.05) is 30.2 Å². The van der Waals surface area contributed by atoms with Crippen molar-refractivity contribution >= 4 is 21.6 Å². The van der Waals surface area contributed by atoms with Gasteiger partial charge in [-0.2, -0.15) is 0 Å². The highest BCUT2D eigenvalue weighted by Gasteiger charge is 2.33. The fraction of sp³-hybridized carbons (Fsp3) is 0.588. The Hall–Kier alpha value is -1.60. The number of carbonyl (C=O) groups is 1. The molecule has 0 bridgehead atoms. The van der Waals surface area contributed by atoms with Gasteiger partial charge < -0.3 is 10.6 Å². The third kappa shape index (κ3) is 3.15.